The third-order valence-corrected chi connectivity index (χ3v) is 2.54. The van der Waals surface area contributed by atoms with Crippen LogP contribution in [0.1, 0.15) is 12.6 Å². The maximum atomic E-state index is 12.3. The van der Waals surface area contributed by atoms with Crippen LogP contribution >= 0.6 is 22.6 Å². The molecule has 0 aliphatic carbocycles. The fraction of sp³-hybridized carbons (Fsp3) is 0.300. The minimum atomic E-state index is -4.40. The fourth-order valence-electron chi connectivity index (χ4n) is 0.970. The topological polar surface area (TPSA) is 24.9 Å². The fourth-order valence-corrected chi connectivity index (χ4v) is 1.60. The summed E-state index contributed by atoms with van der Waals surface area (Å²) < 4.78 is 37.2. The van der Waals surface area contributed by atoms with E-state index < -0.39 is 11.9 Å². The van der Waals surface area contributed by atoms with E-state index in [1.54, 1.807) is 22.6 Å². The molecule has 2 nitrogen and oxygen atoms in total. The van der Waals surface area contributed by atoms with E-state index in [1.807, 2.05) is 6.92 Å². The summed E-state index contributed by atoms with van der Waals surface area (Å²) in [6.07, 6.45) is -4.40. The highest BCUT2D eigenvalue weighted by Crippen LogP contribution is 2.29. The van der Waals surface area contributed by atoms with Crippen molar-refractivity contribution in [2.75, 3.05) is 11.9 Å². The van der Waals surface area contributed by atoms with Crippen molar-refractivity contribution in [1.82, 2.24) is 4.98 Å². The minimum Gasteiger partial charge on any atom is -0.379 e. The molecule has 6 heteroatoms. The van der Waals surface area contributed by atoms with Gasteiger partial charge in [-0.25, -0.2) is 4.98 Å². The predicted octanol–water partition coefficient (Wildman–Crippen LogP) is 3.69. The van der Waals surface area contributed by atoms with E-state index in [2.05, 4.69) is 16.9 Å². The third-order valence-electron chi connectivity index (χ3n) is 1.72. The molecule has 0 saturated carbocycles. The molecule has 1 aromatic rings. The molecule has 0 unspecified atom stereocenters. The zero-order valence-electron chi connectivity index (χ0n) is 8.53. The molecular weight excluding hydrogens is 332 g/mol. The first-order valence-corrected chi connectivity index (χ1v) is 5.50. The molecule has 1 aromatic heterocycles. The van der Waals surface area contributed by atoms with Crippen LogP contribution in [0, 0.1) is 3.70 Å². The van der Waals surface area contributed by atoms with Gasteiger partial charge in [0, 0.05) is 6.54 Å². The highest BCUT2D eigenvalue weighted by molar-refractivity contribution is 14.1. The highest BCUT2D eigenvalue weighted by Gasteiger charge is 2.32. The predicted molar refractivity (Wildman–Crippen MR) is 65.3 cm³/mol. The number of halogens is 4. The van der Waals surface area contributed by atoms with Gasteiger partial charge in [-0.1, -0.05) is 12.2 Å². The zero-order chi connectivity index (χ0) is 12.3. The van der Waals surface area contributed by atoms with Crippen LogP contribution in [-0.4, -0.2) is 11.5 Å². The lowest BCUT2D eigenvalue weighted by Gasteiger charge is -2.10. The maximum absolute atomic E-state index is 12.3. The van der Waals surface area contributed by atoms with Gasteiger partial charge in [-0.3, -0.25) is 0 Å². The molecule has 0 aromatic carbocycles. The number of anilines is 1. The molecule has 1 rings (SSSR count). The van der Waals surface area contributed by atoms with Crippen LogP contribution in [-0.2, 0) is 6.18 Å². The number of nitrogens with one attached hydrogen (secondary N) is 1. The van der Waals surface area contributed by atoms with E-state index in [1.165, 1.54) is 6.07 Å². The Morgan fingerprint density at radius 1 is 1.50 bits per heavy atom. The molecule has 0 amide bonds. The van der Waals surface area contributed by atoms with Crippen LogP contribution in [0.25, 0.3) is 0 Å². The van der Waals surface area contributed by atoms with Crippen molar-refractivity contribution in [3.05, 3.63) is 33.7 Å². The summed E-state index contributed by atoms with van der Waals surface area (Å²) in [7, 11) is 0. The van der Waals surface area contributed by atoms with Crippen molar-refractivity contribution >= 4 is 28.3 Å². The molecule has 0 saturated heterocycles. The monoisotopic (exact) mass is 342 g/mol. The van der Waals surface area contributed by atoms with Gasteiger partial charge in [0.25, 0.3) is 0 Å². The Balaban J connectivity index is 2.88. The van der Waals surface area contributed by atoms with Crippen molar-refractivity contribution in [3.63, 3.8) is 0 Å². The minimum absolute atomic E-state index is 0.300. The van der Waals surface area contributed by atoms with Crippen molar-refractivity contribution in [2.24, 2.45) is 0 Å². The summed E-state index contributed by atoms with van der Waals surface area (Å²) in [4.78, 5) is 3.49. The van der Waals surface area contributed by atoms with E-state index in [0.29, 0.717) is 15.9 Å². The number of alkyl halides is 3. The normalized spacial score (nSPS) is 11.3. The Morgan fingerprint density at radius 2 is 2.12 bits per heavy atom. The van der Waals surface area contributed by atoms with Gasteiger partial charge in [0.2, 0.25) is 0 Å². The summed E-state index contributed by atoms with van der Waals surface area (Å²) in [5.74, 6) is 0. The molecule has 0 aliphatic rings. The van der Waals surface area contributed by atoms with Crippen LogP contribution in [0.5, 0.6) is 0 Å². The van der Waals surface area contributed by atoms with E-state index in [9.17, 15) is 13.2 Å². The maximum Gasteiger partial charge on any atom is 0.433 e. The van der Waals surface area contributed by atoms with Gasteiger partial charge in [-0.2, -0.15) is 13.2 Å². The second-order valence-corrected chi connectivity index (χ2v) is 4.37. The first-order chi connectivity index (χ1) is 7.30. The first kappa shape index (κ1) is 13.3. The standard InChI is InChI=1S/C10H10F3IN2/c1-6(2)5-15-7-3-4-8(10(11,12)13)16-9(7)14/h3-4,15H,1,5H2,2H3. The van der Waals surface area contributed by atoms with Crippen molar-refractivity contribution in [2.45, 2.75) is 13.1 Å². The van der Waals surface area contributed by atoms with Gasteiger partial charge in [0.05, 0.1) is 5.69 Å². The van der Waals surface area contributed by atoms with Crippen LogP contribution in [0.4, 0.5) is 18.9 Å². The molecule has 1 N–H and O–H groups in total. The van der Waals surface area contributed by atoms with Gasteiger partial charge in [0.15, 0.2) is 0 Å². The lowest BCUT2D eigenvalue weighted by Crippen LogP contribution is -2.11. The quantitative estimate of drug-likeness (QED) is 0.515. The number of hydrogen-bond donors (Lipinski definition) is 1. The van der Waals surface area contributed by atoms with Gasteiger partial charge in [-0.15, -0.1) is 0 Å². The van der Waals surface area contributed by atoms with Gasteiger partial charge < -0.3 is 5.32 Å². The molecular formula is C10H10F3IN2. The number of rotatable bonds is 3. The van der Waals surface area contributed by atoms with Crippen molar-refractivity contribution < 1.29 is 13.2 Å². The number of hydrogen-bond acceptors (Lipinski definition) is 2. The van der Waals surface area contributed by atoms with Crippen LogP contribution in [0.3, 0.4) is 0 Å². The first-order valence-electron chi connectivity index (χ1n) is 4.42. The molecule has 0 spiro atoms. The highest BCUT2D eigenvalue weighted by atomic mass is 127. The second kappa shape index (κ2) is 5.03. The third kappa shape index (κ3) is 3.66. The van der Waals surface area contributed by atoms with Crippen molar-refractivity contribution in [3.8, 4) is 0 Å². The largest absolute Gasteiger partial charge is 0.433 e. The molecule has 0 bridgehead atoms. The molecule has 1 heterocycles. The van der Waals surface area contributed by atoms with Gasteiger partial charge >= 0.3 is 6.18 Å². The van der Waals surface area contributed by atoms with E-state index in [0.717, 1.165) is 11.6 Å². The average Bonchev–Trinajstić information content (AvgIpc) is 2.14. The summed E-state index contributed by atoms with van der Waals surface area (Å²) in [5, 5.41) is 2.95. The summed E-state index contributed by atoms with van der Waals surface area (Å²) in [6.45, 7) is 6.04. The average molecular weight is 342 g/mol. The van der Waals surface area contributed by atoms with Gasteiger partial charge in [0.1, 0.15) is 9.39 Å². The summed E-state index contributed by atoms with van der Waals surface area (Å²) >= 11 is 1.77. The second-order valence-electron chi connectivity index (χ2n) is 3.34. The van der Waals surface area contributed by atoms with E-state index in [-0.39, 0.29) is 0 Å². The summed E-state index contributed by atoms with van der Waals surface area (Å²) in [5.41, 5.74) is 0.602. The van der Waals surface area contributed by atoms with Gasteiger partial charge in [-0.05, 0) is 41.6 Å². The Morgan fingerprint density at radius 3 is 2.56 bits per heavy atom. The van der Waals surface area contributed by atoms with E-state index in [4.69, 9.17) is 0 Å². The number of aromatic nitrogens is 1. The number of nitrogens with zero attached hydrogens (tertiary/aromatic N) is 1. The molecule has 0 atom stereocenters. The Hall–Kier alpha value is -0.790. The van der Waals surface area contributed by atoms with Crippen LogP contribution in [0.15, 0.2) is 24.3 Å². The molecule has 0 aliphatic heterocycles. The summed E-state index contributed by atoms with van der Waals surface area (Å²) in [6, 6.07) is 2.34. The Labute approximate surface area is 105 Å². The SMILES string of the molecule is C=C(C)CNc1ccc(C(F)(F)F)nc1I. The Bertz CT molecular complexity index is 402. The van der Waals surface area contributed by atoms with Crippen molar-refractivity contribution in [1.29, 1.82) is 0 Å². The number of pyridine rings is 1. The van der Waals surface area contributed by atoms with E-state index >= 15 is 0 Å². The lowest BCUT2D eigenvalue weighted by molar-refractivity contribution is -0.141. The lowest BCUT2D eigenvalue weighted by atomic mass is 10.3. The zero-order valence-corrected chi connectivity index (χ0v) is 10.7. The molecule has 88 valence electrons. The molecule has 0 radical (unpaired) electrons. The smallest absolute Gasteiger partial charge is 0.379 e. The van der Waals surface area contributed by atoms with Crippen LogP contribution < -0.4 is 5.32 Å². The molecule has 16 heavy (non-hydrogen) atoms. The van der Waals surface area contributed by atoms with Crippen LogP contribution in [0.2, 0.25) is 0 Å². The Kier molecular flexibility index (Phi) is 4.17. The molecule has 0 fully saturated rings.